The van der Waals surface area contributed by atoms with Crippen molar-refractivity contribution in [2.75, 3.05) is 27.3 Å². The van der Waals surface area contributed by atoms with Gasteiger partial charge in [-0.25, -0.2) is 0 Å². The Labute approximate surface area is 125 Å². The van der Waals surface area contributed by atoms with Crippen molar-refractivity contribution in [3.8, 4) is 5.75 Å². The zero-order valence-electron chi connectivity index (χ0n) is 11.5. The van der Waals surface area contributed by atoms with Crippen molar-refractivity contribution in [2.24, 2.45) is 0 Å². The second-order valence-corrected chi connectivity index (χ2v) is 4.93. The van der Waals surface area contributed by atoms with Crippen LogP contribution in [-0.2, 0) is 4.74 Å². The molecule has 0 N–H and O–H groups in total. The van der Waals surface area contributed by atoms with Crippen LogP contribution >= 0.6 is 11.6 Å². The van der Waals surface area contributed by atoms with Gasteiger partial charge in [0.1, 0.15) is 5.75 Å². The SMILES string of the molecule is COCC(Cl)CN(C)C(=O)c1ccc(OC(F)(F)F)cc1. The number of rotatable bonds is 6. The van der Waals surface area contributed by atoms with E-state index in [2.05, 4.69) is 4.74 Å². The Morgan fingerprint density at radius 1 is 1.33 bits per heavy atom. The third-order valence-corrected chi connectivity index (χ3v) is 2.77. The number of alkyl halides is 4. The van der Waals surface area contributed by atoms with Gasteiger partial charge in [0.2, 0.25) is 0 Å². The van der Waals surface area contributed by atoms with Gasteiger partial charge in [-0.05, 0) is 24.3 Å². The van der Waals surface area contributed by atoms with Crippen molar-refractivity contribution in [1.82, 2.24) is 4.90 Å². The second kappa shape index (κ2) is 7.51. The van der Waals surface area contributed by atoms with Crippen molar-refractivity contribution in [1.29, 1.82) is 0 Å². The summed E-state index contributed by atoms with van der Waals surface area (Å²) in [6.45, 7) is 0.548. The fraction of sp³-hybridized carbons (Fsp3) is 0.462. The Morgan fingerprint density at radius 2 is 1.90 bits per heavy atom. The molecule has 0 aromatic heterocycles. The van der Waals surface area contributed by atoms with E-state index in [1.807, 2.05) is 0 Å². The lowest BCUT2D eigenvalue weighted by atomic mass is 10.2. The first-order chi connectivity index (χ1) is 9.73. The minimum atomic E-state index is -4.76. The summed E-state index contributed by atoms with van der Waals surface area (Å²) < 4.78 is 44.7. The van der Waals surface area contributed by atoms with Gasteiger partial charge in [-0.3, -0.25) is 4.79 Å². The number of carbonyl (C=O) groups is 1. The molecule has 1 atom stereocenters. The van der Waals surface area contributed by atoms with Gasteiger partial charge in [-0.2, -0.15) is 0 Å². The molecule has 1 amide bonds. The molecule has 4 nitrogen and oxygen atoms in total. The number of nitrogens with zero attached hydrogens (tertiary/aromatic N) is 1. The topological polar surface area (TPSA) is 38.8 Å². The van der Waals surface area contributed by atoms with Crippen molar-refractivity contribution in [3.63, 3.8) is 0 Å². The fourth-order valence-electron chi connectivity index (χ4n) is 1.63. The number of ether oxygens (including phenoxy) is 2. The van der Waals surface area contributed by atoms with E-state index < -0.39 is 6.36 Å². The first kappa shape index (κ1) is 17.6. The smallest absolute Gasteiger partial charge is 0.406 e. The van der Waals surface area contributed by atoms with E-state index in [-0.39, 0.29) is 35.7 Å². The molecule has 1 aromatic carbocycles. The molecule has 1 rings (SSSR count). The molecule has 8 heteroatoms. The number of hydrogen-bond acceptors (Lipinski definition) is 3. The number of carbonyl (C=O) groups excluding carboxylic acids is 1. The molecule has 0 aliphatic carbocycles. The summed E-state index contributed by atoms with van der Waals surface area (Å²) in [6, 6.07) is 4.70. The second-order valence-electron chi connectivity index (χ2n) is 4.31. The van der Waals surface area contributed by atoms with Gasteiger partial charge in [-0.15, -0.1) is 24.8 Å². The van der Waals surface area contributed by atoms with Crippen LogP contribution in [-0.4, -0.2) is 49.9 Å². The van der Waals surface area contributed by atoms with Crippen LogP contribution in [0, 0.1) is 0 Å². The van der Waals surface area contributed by atoms with Crippen molar-refractivity contribution >= 4 is 17.5 Å². The molecule has 21 heavy (non-hydrogen) atoms. The maximum Gasteiger partial charge on any atom is 0.573 e. The molecule has 0 aliphatic rings. The van der Waals surface area contributed by atoms with Gasteiger partial charge in [0.25, 0.3) is 5.91 Å². The molecule has 118 valence electrons. The summed E-state index contributed by atoms with van der Waals surface area (Å²) in [5.41, 5.74) is 0.244. The average Bonchev–Trinajstić information content (AvgIpc) is 2.37. The molecular formula is C13H15ClF3NO3. The summed E-state index contributed by atoms with van der Waals surface area (Å²) >= 11 is 5.94. The third kappa shape index (κ3) is 6.22. The van der Waals surface area contributed by atoms with Gasteiger partial charge >= 0.3 is 6.36 Å². The van der Waals surface area contributed by atoms with Crippen molar-refractivity contribution < 1.29 is 27.4 Å². The summed E-state index contributed by atoms with van der Waals surface area (Å²) in [5.74, 6) is -0.730. The Balaban J connectivity index is 2.66. The number of halogens is 4. The molecule has 0 radical (unpaired) electrons. The highest BCUT2D eigenvalue weighted by atomic mass is 35.5. The maximum atomic E-state index is 12.0. The predicted octanol–water partition coefficient (Wildman–Crippen LogP) is 2.91. The first-order valence-electron chi connectivity index (χ1n) is 5.97. The van der Waals surface area contributed by atoms with Gasteiger partial charge in [-0.1, -0.05) is 0 Å². The molecule has 0 heterocycles. The molecule has 1 aromatic rings. The van der Waals surface area contributed by atoms with Crippen LogP contribution < -0.4 is 4.74 Å². The van der Waals surface area contributed by atoms with E-state index in [0.717, 1.165) is 12.1 Å². The average molecular weight is 326 g/mol. The van der Waals surface area contributed by atoms with Gasteiger partial charge < -0.3 is 14.4 Å². The van der Waals surface area contributed by atoms with Crippen LogP contribution in [0.5, 0.6) is 5.75 Å². The number of methoxy groups -OCH3 is 1. The highest BCUT2D eigenvalue weighted by Gasteiger charge is 2.31. The highest BCUT2D eigenvalue weighted by molar-refractivity contribution is 6.21. The zero-order valence-corrected chi connectivity index (χ0v) is 12.2. The first-order valence-corrected chi connectivity index (χ1v) is 6.41. The Hall–Kier alpha value is -1.47. The molecule has 0 bridgehead atoms. The third-order valence-electron chi connectivity index (χ3n) is 2.50. The minimum absolute atomic E-state index is 0.244. The molecule has 0 fully saturated rings. The highest BCUT2D eigenvalue weighted by Crippen LogP contribution is 2.23. The standard InChI is InChI=1S/C13H15ClF3NO3/c1-18(7-10(14)8-20-2)12(19)9-3-5-11(6-4-9)21-13(15,16)17/h3-6,10H,7-8H2,1-2H3. The van der Waals surface area contributed by atoms with E-state index in [1.54, 1.807) is 7.05 Å². The van der Waals surface area contributed by atoms with Crippen LogP contribution in [0.2, 0.25) is 0 Å². The van der Waals surface area contributed by atoms with Crippen molar-refractivity contribution in [3.05, 3.63) is 29.8 Å². The van der Waals surface area contributed by atoms with E-state index in [0.29, 0.717) is 0 Å². The lowest BCUT2D eigenvalue weighted by molar-refractivity contribution is -0.274. The number of benzene rings is 1. The van der Waals surface area contributed by atoms with Gasteiger partial charge in [0, 0.05) is 26.3 Å². The molecule has 0 aliphatic heterocycles. The molecule has 0 saturated heterocycles. The molecular weight excluding hydrogens is 311 g/mol. The minimum Gasteiger partial charge on any atom is -0.406 e. The van der Waals surface area contributed by atoms with E-state index >= 15 is 0 Å². The summed E-state index contributed by atoms with van der Waals surface area (Å²) in [5, 5.41) is -0.364. The van der Waals surface area contributed by atoms with E-state index in [4.69, 9.17) is 16.3 Å². The Morgan fingerprint density at radius 3 is 2.38 bits per heavy atom. The normalized spacial score (nSPS) is 12.9. The Bertz CT molecular complexity index is 465. The van der Waals surface area contributed by atoms with Crippen LogP contribution in [0.3, 0.4) is 0 Å². The van der Waals surface area contributed by atoms with Crippen LogP contribution in [0.25, 0.3) is 0 Å². The summed E-state index contributed by atoms with van der Waals surface area (Å²) in [6.07, 6.45) is -4.76. The molecule has 0 saturated carbocycles. The zero-order chi connectivity index (χ0) is 16.0. The van der Waals surface area contributed by atoms with E-state index in [9.17, 15) is 18.0 Å². The Kier molecular flexibility index (Phi) is 6.29. The summed E-state index contributed by atoms with van der Waals surface area (Å²) in [7, 11) is 3.05. The molecule has 0 spiro atoms. The predicted molar refractivity (Wildman–Crippen MR) is 71.6 cm³/mol. The number of amides is 1. The van der Waals surface area contributed by atoms with Crippen molar-refractivity contribution in [2.45, 2.75) is 11.7 Å². The van der Waals surface area contributed by atoms with Crippen LogP contribution in [0.1, 0.15) is 10.4 Å². The van der Waals surface area contributed by atoms with Gasteiger partial charge in [0.15, 0.2) is 0 Å². The largest absolute Gasteiger partial charge is 0.573 e. The fourth-order valence-corrected chi connectivity index (χ4v) is 1.97. The van der Waals surface area contributed by atoms with Crippen LogP contribution in [0.4, 0.5) is 13.2 Å². The molecule has 1 unspecified atom stereocenters. The van der Waals surface area contributed by atoms with Crippen LogP contribution in [0.15, 0.2) is 24.3 Å². The number of hydrogen-bond donors (Lipinski definition) is 0. The summed E-state index contributed by atoms with van der Waals surface area (Å²) in [4.78, 5) is 13.4. The quantitative estimate of drug-likeness (QED) is 0.755. The monoisotopic (exact) mass is 325 g/mol. The lowest BCUT2D eigenvalue weighted by Gasteiger charge is -2.20. The van der Waals surface area contributed by atoms with E-state index in [1.165, 1.54) is 24.1 Å². The maximum absolute atomic E-state index is 12.0. The lowest BCUT2D eigenvalue weighted by Crippen LogP contribution is -2.33. The van der Waals surface area contributed by atoms with Gasteiger partial charge in [0.05, 0.1) is 12.0 Å².